The predicted molar refractivity (Wildman–Crippen MR) is 79.8 cm³/mol. The number of benzene rings is 2. The molecule has 0 bridgehead atoms. The number of hydrogen-bond donors (Lipinski definition) is 1. The molecule has 0 spiro atoms. The zero-order valence-corrected chi connectivity index (χ0v) is 12.0. The van der Waals surface area contributed by atoms with Gasteiger partial charge in [0.05, 0.1) is 20.3 Å². The Labute approximate surface area is 123 Å². The molecule has 0 aliphatic rings. The van der Waals surface area contributed by atoms with Crippen molar-refractivity contribution in [2.75, 3.05) is 20.3 Å². The van der Waals surface area contributed by atoms with Gasteiger partial charge in [0.2, 0.25) is 0 Å². The molecule has 4 heteroatoms. The van der Waals surface area contributed by atoms with Gasteiger partial charge >= 0.3 is 0 Å². The third-order valence-corrected chi connectivity index (χ3v) is 3.32. The first kappa shape index (κ1) is 14.7. The molecular formula is C16H17ClO3. The fraction of sp³-hybridized carbons (Fsp3) is 0.250. The first-order valence-corrected chi connectivity index (χ1v) is 6.74. The maximum Gasteiger partial charge on any atom is 0.119 e. The highest BCUT2D eigenvalue weighted by atomic mass is 35.5. The molecule has 0 aliphatic carbocycles. The molecule has 0 saturated heterocycles. The van der Waals surface area contributed by atoms with E-state index in [0.717, 1.165) is 17.1 Å². The Bertz CT molecular complexity index is 522. The van der Waals surface area contributed by atoms with Crippen LogP contribution in [0.2, 0.25) is 5.02 Å². The molecule has 3 nitrogen and oxygen atoms in total. The van der Waals surface area contributed by atoms with Gasteiger partial charge < -0.3 is 14.6 Å². The number of aliphatic hydroxyl groups excluding tert-OH is 1. The van der Waals surface area contributed by atoms with E-state index in [9.17, 15) is 5.11 Å². The number of ether oxygens (including phenoxy) is 2. The second-order valence-electron chi connectivity index (χ2n) is 4.42. The summed E-state index contributed by atoms with van der Waals surface area (Å²) in [6, 6.07) is 14.8. The molecule has 1 N–H and O–H groups in total. The van der Waals surface area contributed by atoms with Gasteiger partial charge in [0.15, 0.2) is 0 Å². The quantitative estimate of drug-likeness (QED) is 0.885. The molecule has 2 aromatic rings. The minimum atomic E-state index is -0.0747. The summed E-state index contributed by atoms with van der Waals surface area (Å²) in [6.07, 6.45) is 0. The van der Waals surface area contributed by atoms with E-state index in [-0.39, 0.29) is 12.5 Å². The molecule has 2 rings (SSSR count). The van der Waals surface area contributed by atoms with Gasteiger partial charge in [-0.3, -0.25) is 0 Å². The van der Waals surface area contributed by atoms with Crippen LogP contribution < -0.4 is 9.47 Å². The van der Waals surface area contributed by atoms with E-state index >= 15 is 0 Å². The minimum absolute atomic E-state index is 0.0256. The normalized spacial score (nSPS) is 11.9. The van der Waals surface area contributed by atoms with Gasteiger partial charge in [0.1, 0.15) is 11.5 Å². The summed E-state index contributed by atoms with van der Waals surface area (Å²) in [5.41, 5.74) is 1.01. The van der Waals surface area contributed by atoms with Gasteiger partial charge in [-0.05, 0) is 42.0 Å². The lowest BCUT2D eigenvalue weighted by Crippen LogP contribution is -2.14. The maximum atomic E-state index is 9.48. The molecule has 1 atom stereocenters. The van der Waals surface area contributed by atoms with Crippen LogP contribution in [0.15, 0.2) is 48.5 Å². The van der Waals surface area contributed by atoms with Crippen molar-refractivity contribution >= 4 is 11.6 Å². The molecule has 0 saturated carbocycles. The Morgan fingerprint density at radius 3 is 2.15 bits per heavy atom. The summed E-state index contributed by atoms with van der Waals surface area (Å²) < 4.78 is 10.8. The molecule has 106 valence electrons. The Balaban J connectivity index is 1.97. The smallest absolute Gasteiger partial charge is 0.119 e. The largest absolute Gasteiger partial charge is 0.497 e. The lowest BCUT2D eigenvalue weighted by Gasteiger charge is -2.16. The second-order valence-corrected chi connectivity index (χ2v) is 4.85. The van der Waals surface area contributed by atoms with Crippen molar-refractivity contribution in [3.63, 3.8) is 0 Å². The van der Waals surface area contributed by atoms with Crippen molar-refractivity contribution in [2.45, 2.75) is 5.92 Å². The van der Waals surface area contributed by atoms with E-state index in [2.05, 4.69) is 0 Å². The Morgan fingerprint density at radius 1 is 1.00 bits per heavy atom. The Morgan fingerprint density at radius 2 is 1.60 bits per heavy atom. The van der Waals surface area contributed by atoms with Crippen LogP contribution in [0.5, 0.6) is 11.5 Å². The van der Waals surface area contributed by atoms with Gasteiger partial charge in [0, 0.05) is 10.9 Å². The first-order valence-electron chi connectivity index (χ1n) is 6.36. The number of rotatable bonds is 6. The van der Waals surface area contributed by atoms with Gasteiger partial charge in [-0.15, -0.1) is 0 Å². The van der Waals surface area contributed by atoms with Crippen LogP contribution in [-0.4, -0.2) is 25.4 Å². The first-order chi connectivity index (χ1) is 9.72. The molecular weight excluding hydrogens is 276 g/mol. The van der Waals surface area contributed by atoms with Gasteiger partial charge in [-0.25, -0.2) is 0 Å². The number of halogens is 1. The van der Waals surface area contributed by atoms with Crippen molar-refractivity contribution in [3.05, 3.63) is 59.1 Å². The molecule has 0 aromatic heterocycles. The van der Waals surface area contributed by atoms with Crippen LogP contribution in [0.3, 0.4) is 0 Å². The van der Waals surface area contributed by atoms with Crippen molar-refractivity contribution in [2.24, 2.45) is 0 Å². The summed E-state index contributed by atoms with van der Waals surface area (Å²) >= 11 is 5.86. The van der Waals surface area contributed by atoms with Crippen LogP contribution in [0, 0.1) is 0 Å². The van der Waals surface area contributed by atoms with Gasteiger partial charge in [-0.1, -0.05) is 23.7 Å². The van der Waals surface area contributed by atoms with E-state index in [4.69, 9.17) is 21.1 Å². The fourth-order valence-electron chi connectivity index (χ4n) is 1.86. The summed E-state index contributed by atoms with van der Waals surface area (Å²) in [4.78, 5) is 0. The Hall–Kier alpha value is -1.71. The highest BCUT2D eigenvalue weighted by molar-refractivity contribution is 6.30. The van der Waals surface area contributed by atoms with E-state index < -0.39 is 0 Å². The lowest BCUT2D eigenvalue weighted by atomic mass is 10.0. The second kappa shape index (κ2) is 7.17. The van der Waals surface area contributed by atoms with E-state index in [1.807, 2.05) is 48.5 Å². The zero-order valence-electron chi connectivity index (χ0n) is 11.3. The molecule has 1 unspecified atom stereocenters. The Kier molecular flexibility index (Phi) is 5.27. The molecule has 0 aliphatic heterocycles. The van der Waals surface area contributed by atoms with Crippen LogP contribution in [0.25, 0.3) is 0 Å². The van der Waals surface area contributed by atoms with Crippen LogP contribution >= 0.6 is 11.6 Å². The zero-order chi connectivity index (χ0) is 14.4. The van der Waals surface area contributed by atoms with Gasteiger partial charge in [0.25, 0.3) is 0 Å². The number of hydrogen-bond acceptors (Lipinski definition) is 3. The molecule has 0 heterocycles. The highest BCUT2D eigenvalue weighted by Crippen LogP contribution is 2.21. The van der Waals surface area contributed by atoms with Crippen LogP contribution in [0.4, 0.5) is 0 Å². The monoisotopic (exact) mass is 292 g/mol. The van der Waals surface area contributed by atoms with Crippen molar-refractivity contribution in [1.82, 2.24) is 0 Å². The fourth-order valence-corrected chi connectivity index (χ4v) is 1.98. The molecule has 0 amide bonds. The summed E-state index contributed by atoms with van der Waals surface area (Å²) in [7, 11) is 1.62. The van der Waals surface area contributed by atoms with Crippen LogP contribution in [-0.2, 0) is 0 Å². The van der Waals surface area contributed by atoms with Gasteiger partial charge in [-0.2, -0.15) is 0 Å². The van der Waals surface area contributed by atoms with Crippen molar-refractivity contribution in [3.8, 4) is 11.5 Å². The summed E-state index contributed by atoms with van der Waals surface area (Å²) in [5, 5.41) is 10.2. The van der Waals surface area contributed by atoms with E-state index in [0.29, 0.717) is 11.6 Å². The third-order valence-electron chi connectivity index (χ3n) is 3.07. The summed E-state index contributed by atoms with van der Waals surface area (Å²) in [6.45, 7) is 0.433. The average molecular weight is 293 g/mol. The standard InChI is InChI=1S/C16H17ClO3/c1-19-15-6-8-16(9-7-15)20-11-13(10-18)12-2-4-14(17)5-3-12/h2-9,13,18H,10-11H2,1H3. The average Bonchev–Trinajstić information content (AvgIpc) is 2.50. The summed E-state index contributed by atoms with van der Waals surface area (Å²) in [5.74, 6) is 1.46. The minimum Gasteiger partial charge on any atom is -0.497 e. The third kappa shape index (κ3) is 3.89. The van der Waals surface area contributed by atoms with E-state index in [1.165, 1.54) is 0 Å². The molecule has 0 fully saturated rings. The topological polar surface area (TPSA) is 38.7 Å². The van der Waals surface area contributed by atoms with Crippen molar-refractivity contribution in [1.29, 1.82) is 0 Å². The number of aliphatic hydroxyl groups is 1. The molecule has 2 aromatic carbocycles. The molecule has 0 radical (unpaired) electrons. The predicted octanol–water partition coefficient (Wildman–Crippen LogP) is 3.50. The van der Waals surface area contributed by atoms with Crippen molar-refractivity contribution < 1.29 is 14.6 Å². The van der Waals surface area contributed by atoms with E-state index in [1.54, 1.807) is 7.11 Å². The van der Waals surface area contributed by atoms with Crippen LogP contribution in [0.1, 0.15) is 11.5 Å². The lowest BCUT2D eigenvalue weighted by molar-refractivity contribution is 0.205. The highest BCUT2D eigenvalue weighted by Gasteiger charge is 2.11. The number of methoxy groups -OCH3 is 1. The molecule has 20 heavy (non-hydrogen) atoms. The SMILES string of the molecule is COc1ccc(OCC(CO)c2ccc(Cl)cc2)cc1. The maximum absolute atomic E-state index is 9.48.